The number of aromatic nitrogens is 1. The van der Waals surface area contributed by atoms with Crippen LogP contribution in [0.15, 0.2) is 65.1 Å². The monoisotopic (exact) mass is 411 g/mol. The number of nitrogens with zero attached hydrogens (tertiary/aromatic N) is 2. The third kappa shape index (κ3) is 5.79. The number of hydrogen-bond donors (Lipinski definition) is 1. The summed E-state index contributed by atoms with van der Waals surface area (Å²) in [6, 6.07) is 10.8. The highest BCUT2D eigenvalue weighted by Gasteiger charge is 2.15. The molecule has 0 fully saturated rings. The summed E-state index contributed by atoms with van der Waals surface area (Å²) in [4.78, 5) is 30.4. The number of anilines is 1. The number of thiazole rings is 1. The maximum atomic E-state index is 12.5. The predicted molar refractivity (Wildman–Crippen MR) is 111 cm³/mol. The lowest BCUT2D eigenvalue weighted by molar-refractivity contribution is -0.129. The van der Waals surface area contributed by atoms with Crippen molar-refractivity contribution in [3.8, 4) is 5.75 Å². The van der Waals surface area contributed by atoms with Crippen molar-refractivity contribution >= 4 is 28.3 Å². The Balaban J connectivity index is 1.51. The largest absolute Gasteiger partial charge is 0.490 e. The number of ether oxygens (including phenoxy) is 1. The zero-order chi connectivity index (χ0) is 20.6. The first kappa shape index (κ1) is 20.3. The Kier molecular flexibility index (Phi) is 6.80. The number of hydrogen-bond acceptors (Lipinski definition) is 6. The summed E-state index contributed by atoms with van der Waals surface area (Å²) in [5, 5.41) is 4.84. The van der Waals surface area contributed by atoms with E-state index in [0.29, 0.717) is 24.0 Å². The van der Waals surface area contributed by atoms with Crippen molar-refractivity contribution in [3.63, 3.8) is 0 Å². The van der Waals surface area contributed by atoms with Crippen molar-refractivity contribution in [1.82, 2.24) is 9.88 Å². The molecular formula is C21H21N3O4S. The molecule has 2 heterocycles. The van der Waals surface area contributed by atoms with Gasteiger partial charge in [-0.3, -0.25) is 14.9 Å². The molecule has 1 aromatic carbocycles. The second-order valence-corrected chi connectivity index (χ2v) is 7.10. The standard InChI is InChI=1S/C21H21N3O4S/c1-3-10-27-17-8-6-15(7-9-17)13-24(2)19(25)12-16-14-29-21(22-16)23-20(26)18-5-4-11-28-18/h3-9,11,14H,1,10,12-13H2,2H3,(H,22,23,26). The van der Waals surface area contributed by atoms with Crippen LogP contribution in [0.2, 0.25) is 0 Å². The minimum absolute atomic E-state index is 0.0637. The fraction of sp³-hybridized carbons (Fsp3) is 0.190. The molecule has 1 N–H and O–H groups in total. The molecular weight excluding hydrogens is 390 g/mol. The fourth-order valence-electron chi connectivity index (χ4n) is 2.51. The maximum absolute atomic E-state index is 12.5. The molecule has 0 atom stereocenters. The highest BCUT2D eigenvalue weighted by atomic mass is 32.1. The molecule has 7 nitrogen and oxygen atoms in total. The van der Waals surface area contributed by atoms with E-state index in [4.69, 9.17) is 9.15 Å². The van der Waals surface area contributed by atoms with Crippen molar-refractivity contribution in [3.05, 3.63) is 77.7 Å². The lowest BCUT2D eigenvalue weighted by atomic mass is 10.2. The van der Waals surface area contributed by atoms with Crippen LogP contribution in [0.3, 0.4) is 0 Å². The third-order valence-corrected chi connectivity index (χ3v) is 4.79. The smallest absolute Gasteiger partial charge is 0.293 e. The number of carbonyl (C=O) groups is 2. The molecule has 0 aliphatic heterocycles. The van der Waals surface area contributed by atoms with Gasteiger partial charge in [-0.15, -0.1) is 11.3 Å². The van der Waals surface area contributed by atoms with E-state index in [1.807, 2.05) is 24.3 Å². The first-order valence-corrected chi connectivity index (χ1v) is 9.79. The van der Waals surface area contributed by atoms with Gasteiger partial charge in [0.05, 0.1) is 18.4 Å². The van der Waals surface area contributed by atoms with E-state index >= 15 is 0 Å². The molecule has 150 valence electrons. The second kappa shape index (κ2) is 9.70. The normalized spacial score (nSPS) is 10.4. The maximum Gasteiger partial charge on any atom is 0.293 e. The molecule has 2 aromatic heterocycles. The van der Waals surface area contributed by atoms with Crippen molar-refractivity contribution in [2.75, 3.05) is 19.0 Å². The Morgan fingerprint density at radius 2 is 2.10 bits per heavy atom. The number of nitrogens with one attached hydrogen (secondary N) is 1. The Bertz CT molecular complexity index is 964. The van der Waals surface area contributed by atoms with Crippen LogP contribution >= 0.6 is 11.3 Å². The molecule has 0 unspecified atom stereocenters. The quantitative estimate of drug-likeness (QED) is 0.542. The number of likely N-dealkylation sites (N-methyl/N-ethyl adjacent to an activating group) is 1. The SMILES string of the molecule is C=CCOc1ccc(CN(C)C(=O)Cc2csc(NC(=O)c3ccco3)n2)cc1. The average Bonchev–Trinajstić information content (AvgIpc) is 3.40. The van der Waals surface area contributed by atoms with E-state index in [-0.39, 0.29) is 24.0 Å². The van der Waals surface area contributed by atoms with Crippen molar-refractivity contribution in [1.29, 1.82) is 0 Å². The summed E-state index contributed by atoms with van der Waals surface area (Å²) in [5.41, 5.74) is 1.60. The highest BCUT2D eigenvalue weighted by molar-refractivity contribution is 7.14. The summed E-state index contributed by atoms with van der Waals surface area (Å²) in [6.45, 7) is 4.55. The van der Waals surface area contributed by atoms with E-state index < -0.39 is 0 Å². The van der Waals surface area contributed by atoms with Gasteiger partial charge in [0, 0.05) is 19.0 Å². The van der Waals surface area contributed by atoms with Gasteiger partial charge in [-0.2, -0.15) is 0 Å². The second-order valence-electron chi connectivity index (χ2n) is 6.25. The van der Waals surface area contributed by atoms with Crippen LogP contribution in [0.5, 0.6) is 5.75 Å². The molecule has 3 aromatic rings. The lowest BCUT2D eigenvalue weighted by Crippen LogP contribution is -2.27. The van der Waals surface area contributed by atoms with Crippen LogP contribution in [0.4, 0.5) is 5.13 Å². The lowest BCUT2D eigenvalue weighted by Gasteiger charge is -2.17. The Morgan fingerprint density at radius 3 is 2.79 bits per heavy atom. The first-order chi connectivity index (χ1) is 14.0. The highest BCUT2D eigenvalue weighted by Crippen LogP contribution is 2.18. The summed E-state index contributed by atoms with van der Waals surface area (Å²) >= 11 is 1.26. The Labute approximate surface area is 172 Å². The molecule has 2 amide bonds. The minimum Gasteiger partial charge on any atom is -0.490 e. The molecule has 3 rings (SSSR count). The van der Waals surface area contributed by atoms with Gasteiger partial charge >= 0.3 is 0 Å². The number of amides is 2. The molecule has 0 spiro atoms. The summed E-state index contributed by atoms with van der Waals surface area (Å²) in [6.07, 6.45) is 3.27. The van der Waals surface area contributed by atoms with E-state index in [1.54, 1.807) is 35.5 Å². The molecule has 0 aliphatic rings. The van der Waals surface area contributed by atoms with Crippen LogP contribution in [0, 0.1) is 0 Å². The molecule has 0 radical (unpaired) electrons. The van der Waals surface area contributed by atoms with Gasteiger partial charge in [0.2, 0.25) is 5.91 Å². The van der Waals surface area contributed by atoms with Crippen LogP contribution in [0.25, 0.3) is 0 Å². The predicted octanol–water partition coefficient (Wildman–Crippen LogP) is 3.75. The molecule has 0 saturated carbocycles. The number of rotatable bonds is 9. The van der Waals surface area contributed by atoms with Gasteiger partial charge in [0.1, 0.15) is 12.4 Å². The molecule has 0 aliphatic carbocycles. The zero-order valence-electron chi connectivity index (χ0n) is 16.0. The zero-order valence-corrected chi connectivity index (χ0v) is 16.8. The van der Waals surface area contributed by atoms with Crippen LogP contribution in [-0.2, 0) is 17.8 Å². The van der Waals surface area contributed by atoms with Crippen molar-refractivity contribution in [2.24, 2.45) is 0 Å². The number of benzene rings is 1. The van der Waals surface area contributed by atoms with Crippen molar-refractivity contribution < 1.29 is 18.7 Å². The number of carbonyl (C=O) groups excluding carboxylic acids is 2. The summed E-state index contributed by atoms with van der Waals surface area (Å²) in [5.74, 6) is 0.527. The van der Waals surface area contributed by atoms with Crippen molar-refractivity contribution in [2.45, 2.75) is 13.0 Å². The van der Waals surface area contributed by atoms with E-state index in [0.717, 1.165) is 11.3 Å². The number of furan rings is 1. The Hall–Kier alpha value is -3.39. The molecule has 0 saturated heterocycles. The van der Waals surface area contributed by atoms with Gasteiger partial charge in [-0.05, 0) is 29.8 Å². The van der Waals surface area contributed by atoms with Gasteiger partial charge in [0.15, 0.2) is 10.9 Å². The molecule has 8 heteroatoms. The third-order valence-electron chi connectivity index (χ3n) is 3.99. The van der Waals surface area contributed by atoms with Gasteiger partial charge < -0.3 is 14.1 Å². The fourth-order valence-corrected chi connectivity index (χ4v) is 3.22. The van der Waals surface area contributed by atoms with Crippen LogP contribution < -0.4 is 10.1 Å². The van der Waals surface area contributed by atoms with E-state index in [9.17, 15) is 9.59 Å². The van der Waals surface area contributed by atoms with E-state index in [2.05, 4.69) is 16.9 Å². The van der Waals surface area contributed by atoms with E-state index in [1.165, 1.54) is 17.6 Å². The van der Waals surface area contributed by atoms with Crippen LogP contribution in [0.1, 0.15) is 21.8 Å². The average molecular weight is 411 g/mol. The summed E-state index contributed by atoms with van der Waals surface area (Å²) in [7, 11) is 1.75. The minimum atomic E-state index is -0.375. The topological polar surface area (TPSA) is 84.7 Å². The van der Waals surface area contributed by atoms with Crippen LogP contribution in [-0.4, -0.2) is 35.4 Å². The molecule has 0 bridgehead atoms. The molecule has 29 heavy (non-hydrogen) atoms. The first-order valence-electron chi connectivity index (χ1n) is 8.91. The Morgan fingerprint density at radius 1 is 1.31 bits per heavy atom. The van der Waals surface area contributed by atoms with Gasteiger partial charge in [0.25, 0.3) is 5.91 Å². The van der Waals surface area contributed by atoms with Gasteiger partial charge in [-0.25, -0.2) is 4.98 Å². The van der Waals surface area contributed by atoms with Gasteiger partial charge in [-0.1, -0.05) is 24.8 Å². The summed E-state index contributed by atoms with van der Waals surface area (Å²) < 4.78 is 10.5.